The predicted molar refractivity (Wildman–Crippen MR) is 96.4 cm³/mol. The number of nitro benzene ring substituents is 1. The van der Waals surface area contributed by atoms with Gasteiger partial charge < -0.3 is 4.74 Å². The lowest BCUT2D eigenvalue weighted by molar-refractivity contribution is -0.385. The molecule has 27 heavy (non-hydrogen) atoms. The first-order valence-corrected chi connectivity index (χ1v) is 7.90. The summed E-state index contributed by atoms with van der Waals surface area (Å²) in [6.45, 7) is -0.638. The van der Waals surface area contributed by atoms with E-state index in [0.717, 1.165) is 11.6 Å². The van der Waals surface area contributed by atoms with Crippen molar-refractivity contribution in [2.75, 3.05) is 6.61 Å². The molecule has 0 saturated carbocycles. The van der Waals surface area contributed by atoms with E-state index in [1.807, 2.05) is 6.07 Å². The summed E-state index contributed by atoms with van der Waals surface area (Å²) in [5.41, 5.74) is 0.805. The highest BCUT2D eigenvalue weighted by Gasteiger charge is 2.12. The molecule has 2 aromatic rings. The molecule has 0 atom stereocenters. The van der Waals surface area contributed by atoms with E-state index >= 15 is 0 Å². The van der Waals surface area contributed by atoms with Gasteiger partial charge in [0, 0.05) is 12.1 Å². The molecule has 0 aliphatic rings. The number of amides is 2. The van der Waals surface area contributed by atoms with Crippen molar-refractivity contribution >= 4 is 29.5 Å². The van der Waals surface area contributed by atoms with E-state index in [4.69, 9.17) is 4.74 Å². The fourth-order valence-electron chi connectivity index (χ4n) is 2.15. The van der Waals surface area contributed by atoms with Crippen molar-refractivity contribution in [3.8, 4) is 0 Å². The van der Waals surface area contributed by atoms with E-state index in [-0.39, 0.29) is 17.7 Å². The summed E-state index contributed by atoms with van der Waals surface area (Å²) in [5, 5.41) is 13.0. The Morgan fingerprint density at radius 1 is 1.00 bits per heavy atom. The second-order valence-corrected chi connectivity index (χ2v) is 5.39. The van der Waals surface area contributed by atoms with Crippen molar-refractivity contribution in [3.63, 3.8) is 0 Å². The monoisotopic (exact) mass is 368 g/mol. The van der Waals surface area contributed by atoms with Crippen LogP contribution < -0.4 is 5.32 Å². The van der Waals surface area contributed by atoms with Gasteiger partial charge >= 0.3 is 5.97 Å². The van der Waals surface area contributed by atoms with Gasteiger partial charge in [-0.3, -0.25) is 25.0 Å². The number of para-hydroxylation sites is 1. The minimum Gasteiger partial charge on any atom is -0.452 e. The lowest BCUT2D eigenvalue weighted by Gasteiger charge is -2.04. The molecule has 0 aliphatic heterocycles. The number of esters is 1. The molecule has 2 amide bonds. The third-order valence-corrected chi connectivity index (χ3v) is 3.36. The van der Waals surface area contributed by atoms with Gasteiger partial charge in [0.2, 0.25) is 5.91 Å². The maximum Gasteiger partial charge on any atom is 0.331 e. The average molecular weight is 368 g/mol. The molecule has 8 nitrogen and oxygen atoms in total. The van der Waals surface area contributed by atoms with Gasteiger partial charge in [-0.05, 0) is 17.7 Å². The number of nitro groups is 1. The fourth-order valence-corrected chi connectivity index (χ4v) is 2.15. The highest BCUT2D eigenvalue weighted by atomic mass is 16.6. The van der Waals surface area contributed by atoms with Gasteiger partial charge in [0.25, 0.3) is 11.6 Å². The molecule has 0 bridgehead atoms. The highest BCUT2D eigenvalue weighted by molar-refractivity contribution is 5.98. The number of nitrogens with zero attached hydrogens (tertiary/aromatic N) is 1. The molecule has 0 heterocycles. The predicted octanol–water partition coefficient (Wildman–Crippen LogP) is 2.04. The molecular formula is C19H16N2O6. The van der Waals surface area contributed by atoms with Crippen LogP contribution in [0.25, 0.3) is 6.08 Å². The Hall–Kier alpha value is -3.81. The Balaban J connectivity index is 1.80. The minimum absolute atomic E-state index is 0.0259. The van der Waals surface area contributed by atoms with Crippen molar-refractivity contribution in [3.05, 3.63) is 81.9 Å². The van der Waals surface area contributed by atoms with E-state index in [1.165, 1.54) is 24.3 Å². The third-order valence-electron chi connectivity index (χ3n) is 3.36. The summed E-state index contributed by atoms with van der Waals surface area (Å²) in [6, 6.07) is 14.7. The summed E-state index contributed by atoms with van der Waals surface area (Å²) >= 11 is 0. The SMILES string of the molecule is O=C(COC(=O)C=Cc1ccccc1[N+](=O)[O-])NC(=O)Cc1ccccc1. The molecule has 2 aromatic carbocycles. The Kier molecular flexibility index (Phi) is 6.95. The zero-order valence-corrected chi connectivity index (χ0v) is 14.2. The van der Waals surface area contributed by atoms with Gasteiger partial charge in [0.15, 0.2) is 6.61 Å². The van der Waals surface area contributed by atoms with Gasteiger partial charge in [-0.2, -0.15) is 0 Å². The minimum atomic E-state index is -0.862. The number of carbonyl (C=O) groups is 3. The zero-order chi connectivity index (χ0) is 19.6. The first-order valence-electron chi connectivity index (χ1n) is 7.90. The van der Waals surface area contributed by atoms with E-state index in [2.05, 4.69) is 5.32 Å². The van der Waals surface area contributed by atoms with Crippen LogP contribution in [-0.2, 0) is 25.5 Å². The summed E-state index contributed by atoms with van der Waals surface area (Å²) in [7, 11) is 0. The summed E-state index contributed by atoms with van der Waals surface area (Å²) in [6.07, 6.45) is 2.22. The van der Waals surface area contributed by atoms with Crippen molar-refractivity contribution in [2.45, 2.75) is 6.42 Å². The summed E-state index contributed by atoms with van der Waals surface area (Å²) in [5.74, 6) is -2.14. The maximum absolute atomic E-state index is 11.7. The Morgan fingerprint density at radius 2 is 1.67 bits per heavy atom. The zero-order valence-electron chi connectivity index (χ0n) is 14.2. The van der Waals surface area contributed by atoms with Gasteiger partial charge in [-0.1, -0.05) is 42.5 Å². The first-order chi connectivity index (χ1) is 13.0. The topological polar surface area (TPSA) is 116 Å². The average Bonchev–Trinajstić information content (AvgIpc) is 2.65. The molecule has 1 N–H and O–H groups in total. The van der Waals surface area contributed by atoms with Crippen LogP contribution in [0.15, 0.2) is 60.7 Å². The van der Waals surface area contributed by atoms with Gasteiger partial charge in [-0.15, -0.1) is 0 Å². The third kappa shape index (κ3) is 6.54. The molecule has 0 radical (unpaired) electrons. The maximum atomic E-state index is 11.7. The molecule has 0 aromatic heterocycles. The van der Waals surface area contributed by atoms with E-state index < -0.39 is 29.3 Å². The van der Waals surface area contributed by atoms with Crippen LogP contribution in [0, 0.1) is 10.1 Å². The highest BCUT2D eigenvalue weighted by Crippen LogP contribution is 2.18. The second kappa shape index (κ2) is 9.62. The van der Waals surface area contributed by atoms with Crippen LogP contribution in [0.3, 0.4) is 0 Å². The number of carbonyl (C=O) groups excluding carboxylic acids is 3. The number of benzene rings is 2. The number of imide groups is 1. The van der Waals surface area contributed by atoms with Crippen LogP contribution in [0.5, 0.6) is 0 Å². The Labute approximate surface area is 154 Å². The first kappa shape index (κ1) is 19.5. The molecule has 2 rings (SSSR count). The lowest BCUT2D eigenvalue weighted by Crippen LogP contribution is -2.35. The van der Waals surface area contributed by atoms with Crippen molar-refractivity contribution in [1.29, 1.82) is 0 Å². The second-order valence-electron chi connectivity index (χ2n) is 5.39. The van der Waals surface area contributed by atoms with Crippen molar-refractivity contribution in [2.24, 2.45) is 0 Å². The molecule has 0 saturated heterocycles. The van der Waals surface area contributed by atoms with Crippen LogP contribution in [0.1, 0.15) is 11.1 Å². The van der Waals surface area contributed by atoms with Gasteiger partial charge in [-0.25, -0.2) is 4.79 Å². The van der Waals surface area contributed by atoms with Gasteiger partial charge in [0.1, 0.15) is 0 Å². The number of ether oxygens (including phenoxy) is 1. The molecular weight excluding hydrogens is 352 g/mol. The van der Waals surface area contributed by atoms with E-state index in [0.29, 0.717) is 0 Å². The number of hydrogen-bond acceptors (Lipinski definition) is 6. The van der Waals surface area contributed by atoms with Crippen molar-refractivity contribution in [1.82, 2.24) is 5.32 Å². The summed E-state index contributed by atoms with van der Waals surface area (Å²) < 4.78 is 4.72. The number of nitrogens with one attached hydrogen (secondary N) is 1. The lowest BCUT2D eigenvalue weighted by atomic mass is 10.1. The van der Waals surface area contributed by atoms with Crippen molar-refractivity contribution < 1.29 is 24.0 Å². The smallest absolute Gasteiger partial charge is 0.331 e. The molecule has 0 aliphatic carbocycles. The van der Waals surface area contributed by atoms with Gasteiger partial charge in [0.05, 0.1) is 16.9 Å². The molecule has 138 valence electrons. The van der Waals surface area contributed by atoms with Crippen LogP contribution in [0.4, 0.5) is 5.69 Å². The Morgan fingerprint density at radius 3 is 2.37 bits per heavy atom. The van der Waals surface area contributed by atoms with Crippen LogP contribution in [-0.4, -0.2) is 29.3 Å². The number of hydrogen-bond donors (Lipinski definition) is 1. The molecule has 0 fully saturated rings. The molecule has 8 heteroatoms. The number of rotatable bonds is 7. The fraction of sp³-hybridized carbons (Fsp3) is 0.105. The summed E-state index contributed by atoms with van der Waals surface area (Å²) in [4.78, 5) is 45.3. The van der Waals surface area contributed by atoms with Crippen LogP contribution >= 0.6 is 0 Å². The largest absolute Gasteiger partial charge is 0.452 e. The molecule has 0 unspecified atom stereocenters. The Bertz CT molecular complexity index is 877. The quantitative estimate of drug-likeness (QED) is 0.346. The normalized spacial score (nSPS) is 10.4. The van der Waals surface area contributed by atoms with Crippen LogP contribution in [0.2, 0.25) is 0 Å². The van der Waals surface area contributed by atoms with E-state index in [9.17, 15) is 24.5 Å². The standard InChI is InChI=1S/C19H16N2O6/c22-17(12-14-6-2-1-3-7-14)20-18(23)13-27-19(24)11-10-15-8-4-5-9-16(15)21(25)26/h1-11H,12-13H2,(H,20,22,23). The van der Waals surface area contributed by atoms with E-state index in [1.54, 1.807) is 30.3 Å². The molecule has 0 spiro atoms.